The van der Waals surface area contributed by atoms with Crippen LogP contribution in [0.3, 0.4) is 0 Å². The van der Waals surface area contributed by atoms with Gasteiger partial charge in [-0.2, -0.15) is 0 Å². The summed E-state index contributed by atoms with van der Waals surface area (Å²) in [6.45, 7) is 9.52. The quantitative estimate of drug-likeness (QED) is 0.825. The molecule has 0 radical (unpaired) electrons. The van der Waals surface area contributed by atoms with Crippen LogP contribution in [0.4, 0.5) is 0 Å². The summed E-state index contributed by atoms with van der Waals surface area (Å²) in [5.41, 5.74) is 0.203. The second-order valence-electron chi connectivity index (χ2n) is 5.95. The first-order valence-electron chi connectivity index (χ1n) is 7.99. The van der Waals surface area contributed by atoms with E-state index in [2.05, 4.69) is 54.9 Å². The Kier molecular flexibility index (Phi) is 6.21. The number of furan rings is 1. The lowest BCUT2D eigenvalue weighted by Crippen LogP contribution is -2.37. The molecule has 0 aliphatic rings. The van der Waals surface area contributed by atoms with Gasteiger partial charge in [0.1, 0.15) is 0 Å². The Hall–Kier alpha value is -2.52. The molecule has 0 aromatic carbocycles. The van der Waals surface area contributed by atoms with Crippen LogP contribution >= 0.6 is 0 Å². The number of amides is 1. The van der Waals surface area contributed by atoms with Gasteiger partial charge in [-0.3, -0.25) is 9.69 Å². The second kappa shape index (κ2) is 8.37. The van der Waals surface area contributed by atoms with E-state index in [1.807, 2.05) is 0 Å². The molecule has 6 nitrogen and oxygen atoms in total. The fraction of sp³-hybridized carbons (Fsp3) is 0.444. The van der Waals surface area contributed by atoms with Gasteiger partial charge in [0, 0.05) is 18.2 Å². The summed E-state index contributed by atoms with van der Waals surface area (Å²) in [6, 6.07) is 5.89. The Balaban J connectivity index is 1.83. The number of hydrogen-bond acceptors (Lipinski definition) is 5. The molecule has 6 heteroatoms. The van der Waals surface area contributed by atoms with Crippen molar-refractivity contribution < 1.29 is 13.7 Å². The van der Waals surface area contributed by atoms with Gasteiger partial charge in [0.2, 0.25) is 5.76 Å². The Morgan fingerprint density at radius 2 is 2.00 bits per heavy atom. The molecule has 1 N–H and O–H groups in total. The van der Waals surface area contributed by atoms with E-state index in [1.54, 1.807) is 18.2 Å². The molecule has 24 heavy (non-hydrogen) atoms. The first-order valence-corrected chi connectivity index (χ1v) is 7.99. The number of carbonyl (C=O) groups is 1. The van der Waals surface area contributed by atoms with Gasteiger partial charge in [0.25, 0.3) is 5.91 Å². The zero-order valence-corrected chi connectivity index (χ0v) is 14.5. The number of aromatic nitrogens is 1. The Morgan fingerprint density at radius 3 is 2.62 bits per heavy atom. The molecular weight excluding hydrogens is 306 g/mol. The van der Waals surface area contributed by atoms with Crippen molar-refractivity contribution in [3.05, 3.63) is 30.2 Å². The molecule has 2 heterocycles. The van der Waals surface area contributed by atoms with Crippen molar-refractivity contribution in [2.75, 3.05) is 13.1 Å². The Morgan fingerprint density at radius 1 is 1.25 bits per heavy atom. The molecule has 0 spiro atoms. The van der Waals surface area contributed by atoms with Crippen LogP contribution in [0.1, 0.15) is 38.2 Å². The maximum absolute atomic E-state index is 12.0. The van der Waals surface area contributed by atoms with Crippen LogP contribution < -0.4 is 5.32 Å². The minimum atomic E-state index is -0.324. The third-order valence-corrected chi connectivity index (χ3v) is 3.56. The molecule has 0 aliphatic heterocycles. The van der Waals surface area contributed by atoms with Crippen LogP contribution in [0.25, 0.3) is 11.5 Å². The van der Waals surface area contributed by atoms with E-state index < -0.39 is 0 Å². The third kappa shape index (κ3) is 4.74. The van der Waals surface area contributed by atoms with Crippen LogP contribution in [-0.4, -0.2) is 41.1 Å². The first kappa shape index (κ1) is 17.8. The predicted molar refractivity (Wildman–Crippen MR) is 91.3 cm³/mol. The lowest BCUT2D eigenvalue weighted by atomic mass is 10.2. The summed E-state index contributed by atoms with van der Waals surface area (Å²) < 4.78 is 10.3. The molecule has 0 fully saturated rings. The normalized spacial score (nSPS) is 11.0. The van der Waals surface area contributed by atoms with Gasteiger partial charge in [-0.1, -0.05) is 17.0 Å². The van der Waals surface area contributed by atoms with Gasteiger partial charge in [-0.05, 0) is 39.8 Å². The fourth-order valence-corrected chi connectivity index (χ4v) is 2.30. The van der Waals surface area contributed by atoms with E-state index in [9.17, 15) is 4.79 Å². The van der Waals surface area contributed by atoms with Gasteiger partial charge in [0.15, 0.2) is 11.5 Å². The Bertz CT molecular complexity index is 697. The van der Waals surface area contributed by atoms with Crippen LogP contribution in [0.5, 0.6) is 0 Å². The monoisotopic (exact) mass is 329 g/mol. The maximum atomic E-state index is 12.0. The number of rotatable bonds is 6. The molecule has 0 bridgehead atoms. The van der Waals surface area contributed by atoms with Gasteiger partial charge in [-0.25, -0.2) is 0 Å². The van der Waals surface area contributed by atoms with E-state index in [0.29, 0.717) is 30.1 Å². The van der Waals surface area contributed by atoms with Crippen molar-refractivity contribution in [2.24, 2.45) is 0 Å². The summed E-state index contributed by atoms with van der Waals surface area (Å²) in [6.07, 6.45) is 1.53. The van der Waals surface area contributed by atoms with Crippen molar-refractivity contribution >= 4 is 5.91 Å². The topological polar surface area (TPSA) is 71.5 Å². The summed E-state index contributed by atoms with van der Waals surface area (Å²) in [4.78, 5) is 14.3. The highest BCUT2D eigenvalue weighted by Crippen LogP contribution is 2.20. The van der Waals surface area contributed by atoms with Crippen molar-refractivity contribution in [2.45, 2.75) is 39.8 Å². The number of nitrogens with zero attached hydrogens (tertiary/aromatic N) is 2. The zero-order valence-electron chi connectivity index (χ0n) is 14.5. The van der Waals surface area contributed by atoms with Crippen LogP contribution in [0, 0.1) is 11.8 Å². The molecule has 1 amide bonds. The minimum absolute atomic E-state index is 0.203. The molecule has 0 saturated carbocycles. The molecule has 2 rings (SSSR count). The van der Waals surface area contributed by atoms with E-state index in [-0.39, 0.29) is 18.1 Å². The first-order chi connectivity index (χ1) is 11.5. The van der Waals surface area contributed by atoms with Gasteiger partial charge < -0.3 is 14.3 Å². The third-order valence-electron chi connectivity index (χ3n) is 3.56. The summed E-state index contributed by atoms with van der Waals surface area (Å²) >= 11 is 0. The molecule has 0 saturated heterocycles. The van der Waals surface area contributed by atoms with Crippen LogP contribution in [0.15, 0.2) is 33.4 Å². The highest BCUT2D eigenvalue weighted by atomic mass is 16.5. The van der Waals surface area contributed by atoms with Gasteiger partial charge in [0.05, 0.1) is 19.4 Å². The van der Waals surface area contributed by atoms with Gasteiger partial charge in [-0.15, -0.1) is 0 Å². The summed E-state index contributed by atoms with van der Waals surface area (Å²) in [7, 11) is 0. The zero-order chi connectivity index (χ0) is 17.5. The summed E-state index contributed by atoms with van der Waals surface area (Å²) in [5, 5.41) is 6.45. The highest BCUT2D eigenvalue weighted by Gasteiger charge is 2.14. The second-order valence-corrected chi connectivity index (χ2v) is 5.95. The minimum Gasteiger partial charge on any atom is -0.461 e. The highest BCUT2D eigenvalue weighted by molar-refractivity contribution is 5.93. The van der Waals surface area contributed by atoms with E-state index in [4.69, 9.17) is 8.94 Å². The largest absolute Gasteiger partial charge is 0.461 e. The van der Waals surface area contributed by atoms with Gasteiger partial charge >= 0.3 is 0 Å². The van der Waals surface area contributed by atoms with Crippen molar-refractivity contribution in [3.8, 4) is 23.4 Å². The predicted octanol–water partition coefficient (Wildman–Crippen LogP) is 2.79. The number of hydrogen-bond donors (Lipinski definition) is 1. The maximum Gasteiger partial charge on any atom is 0.274 e. The lowest BCUT2D eigenvalue weighted by Gasteiger charge is -2.28. The number of carbonyl (C=O) groups excluding carboxylic acids is 1. The fourth-order valence-electron chi connectivity index (χ4n) is 2.30. The van der Waals surface area contributed by atoms with Crippen molar-refractivity contribution in [3.63, 3.8) is 0 Å². The van der Waals surface area contributed by atoms with Crippen LogP contribution in [-0.2, 0) is 0 Å². The molecule has 0 atom stereocenters. The average molecular weight is 329 g/mol. The molecule has 128 valence electrons. The molecule has 2 aromatic heterocycles. The lowest BCUT2D eigenvalue weighted by molar-refractivity contribution is 0.0949. The van der Waals surface area contributed by atoms with Crippen molar-refractivity contribution in [1.29, 1.82) is 0 Å². The van der Waals surface area contributed by atoms with Crippen molar-refractivity contribution in [1.82, 2.24) is 15.4 Å². The standard InChI is InChI=1S/C18H23N3O3/c1-13(2)21(14(3)4)10-6-5-9-19-18(22)15-12-17(24-20-15)16-8-7-11-23-16/h7-8,11-14H,9-10H2,1-4H3,(H,19,22). The molecule has 0 aliphatic carbocycles. The molecular formula is C18H23N3O3. The van der Waals surface area contributed by atoms with E-state index in [1.165, 1.54) is 6.26 Å². The van der Waals surface area contributed by atoms with E-state index >= 15 is 0 Å². The molecule has 2 aromatic rings. The molecule has 0 unspecified atom stereocenters. The van der Waals surface area contributed by atoms with Crippen LogP contribution in [0.2, 0.25) is 0 Å². The SMILES string of the molecule is CC(C)N(CC#CCNC(=O)c1cc(-c2ccco2)on1)C(C)C. The Labute approximate surface area is 142 Å². The smallest absolute Gasteiger partial charge is 0.274 e. The average Bonchev–Trinajstić information content (AvgIpc) is 3.19. The number of nitrogens with one attached hydrogen (secondary N) is 1. The van der Waals surface area contributed by atoms with E-state index in [0.717, 1.165) is 0 Å². The summed E-state index contributed by atoms with van der Waals surface area (Å²) in [5.74, 6) is 6.67.